The molecule has 13 heteroatoms. The molecule has 212 valence electrons. The monoisotopic (exact) mass is 569 g/mol. The molecule has 0 saturated carbocycles. The van der Waals surface area contributed by atoms with Crippen LogP contribution in [-0.2, 0) is 17.9 Å². The van der Waals surface area contributed by atoms with Gasteiger partial charge in [0, 0.05) is 12.5 Å². The zero-order valence-electron chi connectivity index (χ0n) is 22.6. The molecular formula is C29H25N6O7+. The van der Waals surface area contributed by atoms with Crippen molar-refractivity contribution in [2.24, 2.45) is 0 Å². The molecule has 0 aliphatic heterocycles. The van der Waals surface area contributed by atoms with Crippen LogP contribution in [0.3, 0.4) is 0 Å². The minimum absolute atomic E-state index is 0.163. The van der Waals surface area contributed by atoms with Crippen molar-refractivity contribution in [3.63, 3.8) is 0 Å². The molecule has 0 saturated heterocycles. The van der Waals surface area contributed by atoms with Gasteiger partial charge in [0.1, 0.15) is 0 Å². The van der Waals surface area contributed by atoms with E-state index in [0.29, 0.717) is 41.7 Å². The van der Waals surface area contributed by atoms with Gasteiger partial charge in [-0.25, -0.2) is 9.59 Å². The van der Waals surface area contributed by atoms with E-state index in [9.17, 15) is 14.5 Å². The molecule has 3 aromatic heterocycles. The number of fused-ring (bicyclic) bond motifs is 1. The van der Waals surface area contributed by atoms with Crippen LogP contribution < -0.4 is 15.1 Å². The Hall–Kier alpha value is -5.72. The number of carbonyl (C=O) groups excluding carboxylic acids is 1. The normalized spacial score (nSPS) is 11.2. The summed E-state index contributed by atoms with van der Waals surface area (Å²) in [4.78, 5) is 43.7. The Kier molecular flexibility index (Phi) is 6.97. The minimum atomic E-state index is -0.625. The number of rotatable bonds is 9. The fourth-order valence-corrected chi connectivity index (χ4v) is 4.71. The van der Waals surface area contributed by atoms with Crippen LogP contribution in [0.1, 0.15) is 34.2 Å². The maximum atomic E-state index is 13.2. The number of para-hydroxylation sites is 1. The highest BCUT2D eigenvalue weighted by Crippen LogP contribution is 2.31. The van der Waals surface area contributed by atoms with Gasteiger partial charge in [-0.2, -0.15) is 4.98 Å². The van der Waals surface area contributed by atoms with Gasteiger partial charge in [0.2, 0.25) is 0 Å². The van der Waals surface area contributed by atoms with Crippen molar-refractivity contribution in [3.8, 4) is 28.5 Å². The lowest BCUT2D eigenvalue weighted by Crippen LogP contribution is -2.19. The number of hydrogen-bond donors (Lipinski definition) is 2. The SMILES string of the molecule is CCOc1nc2cccc(C(=O)OCc3c(C)[nH]o[n+]3=O)c2n1Cc1ccc(-c2ccccc2-c2noc(=O)[nH]2)cc1. The highest BCUT2D eigenvalue weighted by molar-refractivity contribution is 6.02. The van der Waals surface area contributed by atoms with E-state index in [1.165, 1.54) is 0 Å². The number of imidazole rings is 1. The lowest BCUT2D eigenvalue weighted by atomic mass is 9.98. The zero-order chi connectivity index (χ0) is 29.2. The first-order valence-corrected chi connectivity index (χ1v) is 13.1. The highest BCUT2D eigenvalue weighted by atomic mass is 16.7. The first kappa shape index (κ1) is 26.5. The number of ether oxygens (including phenoxy) is 2. The second-order valence-electron chi connectivity index (χ2n) is 9.37. The van der Waals surface area contributed by atoms with Crippen LogP contribution in [-0.4, -0.2) is 37.4 Å². The maximum Gasteiger partial charge on any atom is 0.439 e. The van der Waals surface area contributed by atoms with E-state index in [0.717, 1.165) is 22.3 Å². The zero-order valence-corrected chi connectivity index (χ0v) is 22.6. The number of aromatic amines is 2. The van der Waals surface area contributed by atoms with Crippen LogP contribution in [0.5, 0.6) is 6.01 Å². The Morgan fingerprint density at radius 3 is 2.52 bits per heavy atom. The van der Waals surface area contributed by atoms with Crippen molar-refractivity contribution in [3.05, 3.63) is 105 Å². The molecule has 6 rings (SSSR count). The van der Waals surface area contributed by atoms with Crippen molar-refractivity contribution >= 4 is 17.0 Å². The fraction of sp³-hybridized carbons (Fsp3) is 0.172. The topological polar surface area (TPSA) is 164 Å². The number of H-pyrrole nitrogens is 2. The molecule has 13 nitrogen and oxygen atoms in total. The summed E-state index contributed by atoms with van der Waals surface area (Å²) in [5.41, 5.74) is 5.43. The molecule has 0 radical (unpaired) electrons. The summed E-state index contributed by atoms with van der Waals surface area (Å²) in [5, 5.41) is 6.27. The third-order valence-corrected chi connectivity index (χ3v) is 6.73. The largest absolute Gasteiger partial charge is 0.465 e. The number of aromatic nitrogens is 6. The number of nitrogens with one attached hydrogen (secondary N) is 2. The van der Waals surface area contributed by atoms with Crippen LogP contribution in [0, 0.1) is 11.8 Å². The van der Waals surface area contributed by atoms with E-state index in [1.54, 1.807) is 25.1 Å². The number of benzene rings is 3. The molecule has 0 fully saturated rings. The summed E-state index contributed by atoms with van der Waals surface area (Å²) in [5.74, 6) is -0.903. The molecule has 42 heavy (non-hydrogen) atoms. The summed E-state index contributed by atoms with van der Waals surface area (Å²) < 4.78 is 22.8. The van der Waals surface area contributed by atoms with Gasteiger partial charge >= 0.3 is 11.7 Å². The number of nitrogens with zero attached hydrogens (tertiary/aromatic N) is 4. The van der Waals surface area contributed by atoms with Crippen LogP contribution in [0.4, 0.5) is 0 Å². The molecule has 0 aliphatic rings. The summed E-state index contributed by atoms with van der Waals surface area (Å²) in [7, 11) is 0. The van der Waals surface area contributed by atoms with Gasteiger partial charge in [-0.15, -0.1) is 0 Å². The van der Waals surface area contributed by atoms with E-state index in [-0.39, 0.29) is 22.5 Å². The van der Waals surface area contributed by atoms with Crippen LogP contribution >= 0.6 is 0 Å². The van der Waals surface area contributed by atoms with Gasteiger partial charge in [-0.1, -0.05) is 69.5 Å². The lowest BCUT2D eigenvalue weighted by molar-refractivity contribution is -0.720. The van der Waals surface area contributed by atoms with Crippen molar-refractivity contribution in [1.82, 2.24) is 24.8 Å². The van der Waals surface area contributed by atoms with E-state index in [1.807, 2.05) is 60.0 Å². The van der Waals surface area contributed by atoms with Crippen molar-refractivity contribution < 1.29 is 28.0 Å². The van der Waals surface area contributed by atoms with Crippen molar-refractivity contribution in [2.75, 3.05) is 6.61 Å². The Morgan fingerprint density at radius 2 is 1.83 bits per heavy atom. The molecule has 0 spiro atoms. The maximum absolute atomic E-state index is 13.2. The predicted octanol–water partition coefficient (Wildman–Crippen LogP) is 3.99. The second kappa shape index (κ2) is 11.0. The van der Waals surface area contributed by atoms with Crippen LogP contribution in [0.2, 0.25) is 0 Å². The molecule has 3 aromatic carbocycles. The van der Waals surface area contributed by atoms with Gasteiger partial charge < -0.3 is 9.47 Å². The van der Waals surface area contributed by atoms with Crippen molar-refractivity contribution in [1.29, 1.82) is 0 Å². The number of carbonyl (C=O) groups is 1. The first-order chi connectivity index (χ1) is 20.4. The second-order valence-corrected chi connectivity index (χ2v) is 9.37. The fourth-order valence-electron chi connectivity index (χ4n) is 4.71. The Morgan fingerprint density at radius 1 is 1.05 bits per heavy atom. The average molecular weight is 570 g/mol. The lowest BCUT2D eigenvalue weighted by Gasteiger charge is -2.12. The van der Waals surface area contributed by atoms with E-state index >= 15 is 0 Å². The third-order valence-electron chi connectivity index (χ3n) is 6.73. The van der Waals surface area contributed by atoms with Gasteiger partial charge in [-0.05, 0) is 40.7 Å². The highest BCUT2D eigenvalue weighted by Gasteiger charge is 2.23. The van der Waals surface area contributed by atoms with Crippen LogP contribution in [0.15, 0.2) is 80.7 Å². The van der Waals surface area contributed by atoms with E-state index < -0.39 is 11.7 Å². The standard InChI is InChI=1S/C29H24N6O7/c1-3-39-28-30-23-10-6-9-22(27(36)40-16-24-17(2)32-42-35(24)38)25(23)34(28)15-18-11-13-19(14-12-18)20-7-4-5-8-21(20)26-31-29(37)41-33-26/h4-14H,3,15-16H2,1-2H3,(H-,31,32,33,37,38)/p+1. The summed E-state index contributed by atoms with van der Waals surface area (Å²) in [6.45, 7) is 3.96. The minimum Gasteiger partial charge on any atom is -0.465 e. The Balaban J connectivity index is 1.32. The molecule has 2 N–H and O–H groups in total. The Bertz CT molecular complexity index is 2010. The van der Waals surface area contributed by atoms with Crippen LogP contribution in [0.25, 0.3) is 33.5 Å². The van der Waals surface area contributed by atoms with E-state index in [2.05, 4.69) is 29.4 Å². The molecule has 0 amide bonds. The third kappa shape index (κ3) is 4.98. The molecule has 6 aromatic rings. The molecule has 3 heterocycles. The Labute approximate surface area is 236 Å². The average Bonchev–Trinajstić information content (AvgIpc) is 3.69. The quantitative estimate of drug-likeness (QED) is 0.245. The first-order valence-electron chi connectivity index (χ1n) is 13.1. The molecule has 0 unspecified atom stereocenters. The van der Waals surface area contributed by atoms with Gasteiger partial charge in [-0.3, -0.25) is 14.1 Å². The number of aryl methyl sites for hydroxylation is 1. The summed E-state index contributed by atoms with van der Waals surface area (Å²) in [6.07, 6.45) is 0. The number of hydrogen-bond acceptors (Lipinski definition) is 9. The van der Waals surface area contributed by atoms with Crippen molar-refractivity contribution in [2.45, 2.75) is 27.0 Å². The molecule has 0 atom stereocenters. The molecule has 0 bridgehead atoms. The smallest absolute Gasteiger partial charge is 0.439 e. The summed E-state index contributed by atoms with van der Waals surface area (Å²) in [6, 6.07) is 20.9. The van der Waals surface area contributed by atoms with Gasteiger partial charge in [0.05, 0.1) is 29.7 Å². The molecule has 0 aliphatic carbocycles. The van der Waals surface area contributed by atoms with Gasteiger partial charge in [0.15, 0.2) is 22.7 Å². The van der Waals surface area contributed by atoms with E-state index in [4.69, 9.17) is 9.47 Å². The molecular weight excluding hydrogens is 544 g/mol. The number of esters is 1. The predicted molar refractivity (Wildman–Crippen MR) is 148 cm³/mol. The summed E-state index contributed by atoms with van der Waals surface area (Å²) >= 11 is 0. The van der Waals surface area contributed by atoms with Gasteiger partial charge in [0.25, 0.3) is 11.7 Å².